The van der Waals surface area contributed by atoms with Gasteiger partial charge in [-0.25, -0.2) is 12.8 Å². The zero-order valence-corrected chi connectivity index (χ0v) is 13.9. The topological polar surface area (TPSA) is 67.6 Å². The molecular weight excluding hydrogens is 321 g/mol. The fraction of sp³-hybridized carbons (Fsp3) is 0.312. The lowest BCUT2D eigenvalue weighted by molar-refractivity contribution is 0.0664. The zero-order valence-electron chi connectivity index (χ0n) is 13.1. The fourth-order valence-corrected chi connectivity index (χ4v) is 2.85. The standard InChI is InChI=1S/C16H18FNO4S/c1-4-18(11(2)12-5-7-13(17)8-6-12)16(19)14-9-10-15(22-14)23(3,20)21/h5-11H,4H2,1-3H3/t11-/m1/s1. The number of carbonyl (C=O) groups excluding carboxylic acids is 1. The Morgan fingerprint density at radius 2 is 1.83 bits per heavy atom. The van der Waals surface area contributed by atoms with Gasteiger partial charge >= 0.3 is 0 Å². The molecule has 0 bridgehead atoms. The number of sulfone groups is 1. The summed E-state index contributed by atoms with van der Waals surface area (Å²) in [4.78, 5) is 14.1. The lowest BCUT2D eigenvalue weighted by Crippen LogP contribution is -2.33. The van der Waals surface area contributed by atoms with Gasteiger partial charge in [0.2, 0.25) is 14.9 Å². The maximum Gasteiger partial charge on any atom is 0.290 e. The SMILES string of the molecule is CCN(C(=O)c1ccc(S(C)(=O)=O)o1)[C@H](C)c1ccc(F)cc1. The van der Waals surface area contributed by atoms with Gasteiger partial charge < -0.3 is 9.32 Å². The molecule has 0 unspecified atom stereocenters. The van der Waals surface area contributed by atoms with Gasteiger partial charge in [0.25, 0.3) is 5.91 Å². The maximum absolute atomic E-state index is 13.0. The second kappa shape index (κ2) is 6.54. The molecule has 1 aromatic heterocycles. The van der Waals surface area contributed by atoms with Crippen molar-refractivity contribution < 1.29 is 22.0 Å². The van der Waals surface area contributed by atoms with E-state index in [-0.39, 0.29) is 22.7 Å². The summed E-state index contributed by atoms with van der Waals surface area (Å²) < 4.78 is 41.1. The second-order valence-corrected chi connectivity index (χ2v) is 7.16. The van der Waals surface area contributed by atoms with Crippen LogP contribution < -0.4 is 0 Å². The number of benzene rings is 1. The van der Waals surface area contributed by atoms with Crippen molar-refractivity contribution in [2.75, 3.05) is 12.8 Å². The van der Waals surface area contributed by atoms with Crippen LogP contribution in [0.4, 0.5) is 4.39 Å². The molecule has 0 saturated heterocycles. The average molecular weight is 339 g/mol. The number of rotatable bonds is 5. The first-order valence-corrected chi connectivity index (χ1v) is 8.99. The van der Waals surface area contributed by atoms with Crippen LogP contribution in [-0.4, -0.2) is 32.0 Å². The van der Waals surface area contributed by atoms with Gasteiger partial charge in [0.15, 0.2) is 5.76 Å². The molecule has 1 aromatic carbocycles. The highest BCUT2D eigenvalue weighted by Gasteiger charge is 2.25. The van der Waals surface area contributed by atoms with E-state index in [0.717, 1.165) is 11.8 Å². The van der Waals surface area contributed by atoms with Gasteiger partial charge in [-0.15, -0.1) is 0 Å². The van der Waals surface area contributed by atoms with E-state index in [1.165, 1.54) is 29.2 Å². The Morgan fingerprint density at radius 1 is 1.22 bits per heavy atom. The van der Waals surface area contributed by atoms with E-state index in [4.69, 9.17) is 4.42 Å². The molecule has 23 heavy (non-hydrogen) atoms. The molecule has 0 fully saturated rings. The normalized spacial score (nSPS) is 12.9. The molecule has 0 radical (unpaired) electrons. The van der Waals surface area contributed by atoms with Crippen LogP contribution in [0, 0.1) is 5.82 Å². The van der Waals surface area contributed by atoms with Crippen LogP contribution in [0.15, 0.2) is 45.9 Å². The highest BCUT2D eigenvalue weighted by Crippen LogP contribution is 2.24. The Hall–Kier alpha value is -2.15. The van der Waals surface area contributed by atoms with E-state index in [0.29, 0.717) is 6.54 Å². The van der Waals surface area contributed by atoms with E-state index in [2.05, 4.69) is 0 Å². The number of furan rings is 1. The van der Waals surface area contributed by atoms with Crippen molar-refractivity contribution in [1.29, 1.82) is 0 Å². The zero-order chi connectivity index (χ0) is 17.2. The van der Waals surface area contributed by atoms with Crippen LogP contribution in [0.2, 0.25) is 0 Å². The molecule has 2 aromatic rings. The van der Waals surface area contributed by atoms with Crippen molar-refractivity contribution in [3.8, 4) is 0 Å². The summed E-state index contributed by atoms with van der Waals surface area (Å²) in [5.41, 5.74) is 0.775. The van der Waals surface area contributed by atoms with Crippen LogP contribution in [0.5, 0.6) is 0 Å². The maximum atomic E-state index is 13.0. The van der Waals surface area contributed by atoms with Crippen molar-refractivity contribution in [2.24, 2.45) is 0 Å². The Labute approximate surface area is 134 Å². The molecule has 0 aliphatic heterocycles. The van der Waals surface area contributed by atoms with Crippen molar-refractivity contribution >= 4 is 15.7 Å². The molecule has 0 aliphatic rings. The van der Waals surface area contributed by atoms with Crippen molar-refractivity contribution in [1.82, 2.24) is 4.90 Å². The summed E-state index contributed by atoms with van der Waals surface area (Å²) in [6.45, 7) is 4.01. The Bertz CT molecular complexity index is 796. The van der Waals surface area contributed by atoms with Gasteiger partial charge in [-0.05, 0) is 43.7 Å². The van der Waals surface area contributed by atoms with Crippen LogP contribution in [0.1, 0.15) is 36.0 Å². The summed E-state index contributed by atoms with van der Waals surface area (Å²) in [6.07, 6.45) is 1.01. The smallest absolute Gasteiger partial charge is 0.290 e. The first-order valence-electron chi connectivity index (χ1n) is 7.10. The summed E-state index contributed by atoms with van der Waals surface area (Å²) in [6, 6.07) is 8.19. The monoisotopic (exact) mass is 339 g/mol. The quantitative estimate of drug-likeness (QED) is 0.840. The van der Waals surface area contributed by atoms with Crippen molar-refractivity contribution in [3.05, 3.63) is 53.5 Å². The summed E-state index contributed by atoms with van der Waals surface area (Å²) in [5.74, 6) is -0.806. The average Bonchev–Trinajstić information content (AvgIpc) is 2.98. The molecular formula is C16H18FNO4S. The van der Waals surface area contributed by atoms with Crippen LogP contribution >= 0.6 is 0 Å². The van der Waals surface area contributed by atoms with Gasteiger partial charge in [-0.2, -0.15) is 0 Å². The van der Waals surface area contributed by atoms with Gasteiger partial charge in [-0.3, -0.25) is 4.79 Å². The Kier molecular flexibility index (Phi) is 4.89. The minimum atomic E-state index is -3.50. The molecule has 7 heteroatoms. The minimum absolute atomic E-state index is 0.0405. The molecule has 5 nitrogen and oxygen atoms in total. The molecule has 0 spiro atoms. The number of nitrogens with zero attached hydrogens (tertiary/aromatic N) is 1. The minimum Gasteiger partial charge on any atom is -0.440 e. The number of hydrogen-bond acceptors (Lipinski definition) is 4. The molecule has 0 saturated carbocycles. The lowest BCUT2D eigenvalue weighted by Gasteiger charge is -2.27. The molecule has 1 amide bonds. The third kappa shape index (κ3) is 3.79. The molecule has 124 valence electrons. The van der Waals surface area contributed by atoms with Crippen LogP contribution in [0.25, 0.3) is 0 Å². The highest BCUT2D eigenvalue weighted by atomic mass is 32.2. The third-order valence-corrected chi connectivity index (χ3v) is 4.53. The second-order valence-electron chi connectivity index (χ2n) is 5.21. The summed E-state index contributed by atoms with van der Waals surface area (Å²) in [7, 11) is -3.50. The van der Waals surface area contributed by atoms with Gasteiger partial charge in [0.1, 0.15) is 5.82 Å². The summed E-state index contributed by atoms with van der Waals surface area (Å²) >= 11 is 0. The first kappa shape index (κ1) is 17.2. The van der Waals surface area contributed by atoms with Crippen LogP contribution in [0.3, 0.4) is 0 Å². The number of carbonyl (C=O) groups is 1. The molecule has 1 atom stereocenters. The third-order valence-electron chi connectivity index (χ3n) is 3.58. The molecule has 2 rings (SSSR count). The predicted octanol–water partition coefficient (Wildman–Crippen LogP) is 3.05. The van der Waals surface area contributed by atoms with E-state index in [9.17, 15) is 17.6 Å². The Balaban J connectivity index is 2.27. The number of amides is 1. The van der Waals surface area contributed by atoms with Crippen molar-refractivity contribution in [3.63, 3.8) is 0 Å². The van der Waals surface area contributed by atoms with E-state index in [1.54, 1.807) is 19.1 Å². The summed E-state index contributed by atoms with van der Waals surface area (Å²) in [5, 5.41) is -0.244. The van der Waals surface area contributed by atoms with E-state index >= 15 is 0 Å². The predicted molar refractivity (Wildman–Crippen MR) is 83.3 cm³/mol. The van der Waals surface area contributed by atoms with E-state index in [1.807, 2.05) is 6.92 Å². The molecule has 0 N–H and O–H groups in total. The molecule has 0 aliphatic carbocycles. The first-order chi connectivity index (χ1) is 10.7. The largest absolute Gasteiger partial charge is 0.440 e. The van der Waals surface area contributed by atoms with Gasteiger partial charge in [-0.1, -0.05) is 12.1 Å². The van der Waals surface area contributed by atoms with Crippen molar-refractivity contribution in [2.45, 2.75) is 25.0 Å². The van der Waals surface area contributed by atoms with E-state index < -0.39 is 15.7 Å². The number of halogens is 1. The highest BCUT2D eigenvalue weighted by molar-refractivity contribution is 7.90. The van der Waals surface area contributed by atoms with Crippen LogP contribution in [-0.2, 0) is 9.84 Å². The lowest BCUT2D eigenvalue weighted by atomic mass is 10.1. The Morgan fingerprint density at radius 3 is 2.30 bits per heavy atom. The molecule has 1 heterocycles. The van der Waals surface area contributed by atoms with Gasteiger partial charge in [0, 0.05) is 12.8 Å². The fourth-order valence-electron chi connectivity index (χ4n) is 2.29. The van der Waals surface area contributed by atoms with Gasteiger partial charge in [0.05, 0.1) is 6.04 Å². The number of hydrogen-bond donors (Lipinski definition) is 0.